The Morgan fingerprint density at radius 3 is 2.94 bits per heavy atom. The highest BCUT2D eigenvalue weighted by Crippen LogP contribution is 2.27. The lowest BCUT2D eigenvalue weighted by Crippen LogP contribution is -2.08. The molecule has 4 heteroatoms. The Bertz CT molecular complexity index is 577. The molecule has 0 fully saturated rings. The van der Waals surface area contributed by atoms with Gasteiger partial charge < -0.3 is 4.57 Å². The summed E-state index contributed by atoms with van der Waals surface area (Å²) in [6.07, 6.45) is 6.66. The lowest BCUT2D eigenvalue weighted by Gasteiger charge is -2.16. The van der Waals surface area contributed by atoms with E-state index in [1.54, 1.807) is 0 Å². The number of rotatable bonds is 2. The van der Waals surface area contributed by atoms with E-state index in [1.807, 2.05) is 12.4 Å². The molecule has 0 saturated carbocycles. The summed E-state index contributed by atoms with van der Waals surface area (Å²) in [4.78, 5) is 4.54. The maximum Gasteiger partial charge on any atom is 0.0997 e. The minimum absolute atomic E-state index is 0.523. The number of hydrogen-bond acceptors (Lipinski definition) is 1. The molecule has 1 aromatic heterocycles. The standard InChI is InChI=1S/C14H14BrClN2/c15-11-6-5-10(8-16)14(7-11)18-9-17-12-3-1-2-4-13(12)18/h5-7,9H,1-4,8H2. The Labute approximate surface area is 120 Å². The minimum Gasteiger partial charge on any atom is -0.303 e. The van der Waals surface area contributed by atoms with Gasteiger partial charge in [0.15, 0.2) is 0 Å². The van der Waals surface area contributed by atoms with Crippen LogP contribution in [0, 0.1) is 0 Å². The molecule has 0 unspecified atom stereocenters. The Morgan fingerprint density at radius 2 is 2.11 bits per heavy atom. The average Bonchev–Trinajstić information content (AvgIpc) is 2.82. The van der Waals surface area contributed by atoms with Gasteiger partial charge in [-0.1, -0.05) is 22.0 Å². The van der Waals surface area contributed by atoms with E-state index in [1.165, 1.54) is 24.2 Å². The zero-order chi connectivity index (χ0) is 12.5. The molecule has 18 heavy (non-hydrogen) atoms. The van der Waals surface area contributed by atoms with E-state index in [2.05, 4.69) is 37.6 Å². The first kappa shape index (κ1) is 12.2. The number of nitrogens with zero attached hydrogens (tertiary/aromatic N) is 2. The summed E-state index contributed by atoms with van der Waals surface area (Å²) < 4.78 is 3.28. The SMILES string of the molecule is ClCc1ccc(Br)cc1-n1cnc2c1CCCC2. The Kier molecular flexibility index (Phi) is 3.44. The van der Waals surface area contributed by atoms with E-state index in [-0.39, 0.29) is 0 Å². The van der Waals surface area contributed by atoms with Crippen molar-refractivity contribution in [3.63, 3.8) is 0 Å². The summed E-state index contributed by atoms with van der Waals surface area (Å²) in [6, 6.07) is 6.22. The number of alkyl halides is 1. The average molecular weight is 326 g/mol. The van der Waals surface area contributed by atoms with Gasteiger partial charge in [0.25, 0.3) is 0 Å². The molecule has 0 bridgehead atoms. The molecule has 3 rings (SSSR count). The van der Waals surface area contributed by atoms with Crippen LogP contribution in [-0.4, -0.2) is 9.55 Å². The molecule has 0 saturated heterocycles. The first-order valence-corrected chi connectivity index (χ1v) is 7.52. The second-order valence-corrected chi connectivity index (χ2v) is 5.80. The maximum atomic E-state index is 6.04. The molecular weight excluding hydrogens is 312 g/mol. The minimum atomic E-state index is 0.523. The van der Waals surface area contributed by atoms with Crippen LogP contribution >= 0.6 is 27.5 Å². The summed E-state index contributed by atoms with van der Waals surface area (Å²) in [5, 5.41) is 0. The van der Waals surface area contributed by atoms with Crippen LogP contribution in [0.4, 0.5) is 0 Å². The van der Waals surface area contributed by atoms with Crippen LogP contribution in [0.2, 0.25) is 0 Å². The van der Waals surface area contributed by atoms with E-state index in [0.29, 0.717) is 5.88 Å². The molecule has 2 nitrogen and oxygen atoms in total. The van der Waals surface area contributed by atoms with E-state index in [0.717, 1.165) is 28.6 Å². The molecule has 1 aromatic carbocycles. The van der Waals surface area contributed by atoms with Crippen LogP contribution in [0.1, 0.15) is 29.8 Å². The Morgan fingerprint density at radius 1 is 1.28 bits per heavy atom. The van der Waals surface area contributed by atoms with Crippen LogP contribution in [-0.2, 0) is 18.7 Å². The van der Waals surface area contributed by atoms with Crippen molar-refractivity contribution in [3.8, 4) is 5.69 Å². The third-order valence-electron chi connectivity index (χ3n) is 3.48. The molecule has 1 aliphatic rings. The molecular formula is C14H14BrClN2. The predicted octanol–water partition coefficient (Wildman–Crippen LogP) is 4.25. The number of aryl methyl sites for hydroxylation is 1. The van der Waals surface area contributed by atoms with Crippen LogP contribution in [0.3, 0.4) is 0 Å². The van der Waals surface area contributed by atoms with Crippen molar-refractivity contribution < 1.29 is 0 Å². The fourth-order valence-corrected chi connectivity index (χ4v) is 3.13. The van der Waals surface area contributed by atoms with Crippen molar-refractivity contribution in [3.05, 3.63) is 46.0 Å². The van der Waals surface area contributed by atoms with Crippen molar-refractivity contribution >= 4 is 27.5 Å². The first-order chi connectivity index (χ1) is 8.79. The highest BCUT2D eigenvalue weighted by Gasteiger charge is 2.17. The van der Waals surface area contributed by atoms with Crippen molar-refractivity contribution in [1.29, 1.82) is 0 Å². The van der Waals surface area contributed by atoms with E-state index in [9.17, 15) is 0 Å². The molecule has 0 N–H and O–H groups in total. The zero-order valence-electron chi connectivity index (χ0n) is 10.00. The van der Waals surface area contributed by atoms with Crippen LogP contribution in [0.5, 0.6) is 0 Å². The summed E-state index contributed by atoms with van der Waals surface area (Å²) in [5.41, 5.74) is 4.90. The fraction of sp³-hybridized carbons (Fsp3) is 0.357. The number of imidazole rings is 1. The highest BCUT2D eigenvalue weighted by molar-refractivity contribution is 9.10. The number of hydrogen-bond donors (Lipinski definition) is 0. The van der Waals surface area contributed by atoms with E-state index < -0.39 is 0 Å². The second kappa shape index (κ2) is 5.06. The predicted molar refractivity (Wildman–Crippen MR) is 77.5 cm³/mol. The van der Waals surface area contributed by atoms with Crippen LogP contribution in [0.15, 0.2) is 29.0 Å². The molecule has 0 radical (unpaired) electrons. The molecule has 94 valence electrons. The van der Waals surface area contributed by atoms with Crippen molar-refractivity contribution in [1.82, 2.24) is 9.55 Å². The smallest absolute Gasteiger partial charge is 0.0997 e. The second-order valence-electron chi connectivity index (χ2n) is 4.62. The van der Waals surface area contributed by atoms with Crippen LogP contribution < -0.4 is 0 Å². The summed E-state index contributed by atoms with van der Waals surface area (Å²) in [6.45, 7) is 0. The van der Waals surface area contributed by atoms with Gasteiger partial charge in [-0.25, -0.2) is 4.98 Å². The summed E-state index contributed by atoms with van der Waals surface area (Å²) in [7, 11) is 0. The molecule has 0 spiro atoms. The van der Waals surface area contributed by atoms with Gasteiger partial charge in [0.1, 0.15) is 0 Å². The molecule has 0 aliphatic heterocycles. The van der Waals surface area contributed by atoms with Crippen molar-refractivity contribution in [2.75, 3.05) is 0 Å². The number of fused-ring (bicyclic) bond motifs is 1. The molecule has 1 heterocycles. The number of halogens is 2. The van der Waals surface area contributed by atoms with Gasteiger partial charge in [0, 0.05) is 16.0 Å². The lowest BCUT2D eigenvalue weighted by molar-refractivity contribution is 0.655. The highest BCUT2D eigenvalue weighted by atomic mass is 79.9. The summed E-state index contributed by atoms with van der Waals surface area (Å²) in [5.74, 6) is 0.523. The Balaban J connectivity index is 2.14. The van der Waals surface area contributed by atoms with Gasteiger partial charge in [0.2, 0.25) is 0 Å². The van der Waals surface area contributed by atoms with Gasteiger partial charge in [-0.05, 0) is 43.4 Å². The summed E-state index contributed by atoms with van der Waals surface area (Å²) >= 11 is 9.57. The van der Waals surface area contributed by atoms with Gasteiger partial charge in [0.05, 0.1) is 17.7 Å². The molecule has 1 aliphatic carbocycles. The molecule has 0 amide bonds. The normalized spacial score (nSPS) is 14.6. The third-order valence-corrected chi connectivity index (χ3v) is 4.26. The molecule has 2 aromatic rings. The van der Waals surface area contributed by atoms with Crippen molar-refractivity contribution in [2.24, 2.45) is 0 Å². The monoisotopic (exact) mass is 324 g/mol. The van der Waals surface area contributed by atoms with Gasteiger partial charge >= 0.3 is 0 Å². The maximum absolute atomic E-state index is 6.04. The number of benzene rings is 1. The van der Waals surface area contributed by atoms with E-state index in [4.69, 9.17) is 11.6 Å². The quantitative estimate of drug-likeness (QED) is 0.755. The van der Waals surface area contributed by atoms with Gasteiger partial charge in [-0.15, -0.1) is 11.6 Å². The topological polar surface area (TPSA) is 17.8 Å². The Hall–Kier alpha value is -0.800. The largest absolute Gasteiger partial charge is 0.303 e. The van der Waals surface area contributed by atoms with E-state index >= 15 is 0 Å². The lowest BCUT2D eigenvalue weighted by atomic mass is 10.0. The van der Waals surface area contributed by atoms with Crippen LogP contribution in [0.25, 0.3) is 5.69 Å². The fourth-order valence-electron chi connectivity index (χ4n) is 2.55. The molecule has 0 atom stereocenters. The number of aromatic nitrogens is 2. The first-order valence-electron chi connectivity index (χ1n) is 6.19. The third kappa shape index (κ3) is 2.10. The zero-order valence-corrected chi connectivity index (χ0v) is 12.3. The van der Waals surface area contributed by atoms with Gasteiger partial charge in [-0.2, -0.15) is 0 Å². The van der Waals surface area contributed by atoms with Gasteiger partial charge in [-0.3, -0.25) is 0 Å². The van der Waals surface area contributed by atoms with Crippen molar-refractivity contribution in [2.45, 2.75) is 31.6 Å².